The molecule has 0 aliphatic heterocycles. The van der Waals surface area contributed by atoms with E-state index >= 15 is 0 Å². The fourth-order valence-electron chi connectivity index (χ4n) is 2.34. The van der Waals surface area contributed by atoms with Crippen LogP contribution in [-0.4, -0.2) is 11.9 Å². The van der Waals surface area contributed by atoms with Crippen molar-refractivity contribution in [2.75, 3.05) is 10.6 Å². The molecule has 5 nitrogen and oxygen atoms in total. The van der Waals surface area contributed by atoms with Crippen LogP contribution in [0.15, 0.2) is 36.4 Å². The molecule has 1 unspecified atom stereocenters. The number of aryl methyl sites for hydroxylation is 1. The molecule has 0 heterocycles. The van der Waals surface area contributed by atoms with Crippen LogP contribution in [0.3, 0.4) is 0 Å². The molecule has 0 aliphatic rings. The van der Waals surface area contributed by atoms with Gasteiger partial charge < -0.3 is 16.0 Å². The highest BCUT2D eigenvalue weighted by molar-refractivity contribution is 5.94. The van der Waals surface area contributed by atoms with Crippen molar-refractivity contribution in [2.24, 2.45) is 5.92 Å². The normalized spacial score (nSPS) is 11.8. The molecule has 3 amide bonds. The van der Waals surface area contributed by atoms with Crippen LogP contribution in [0, 0.1) is 24.5 Å². The predicted molar refractivity (Wildman–Crippen MR) is 102 cm³/mol. The van der Waals surface area contributed by atoms with Gasteiger partial charge in [-0.05, 0) is 49.2 Å². The Bertz CT molecular complexity index is 853. The Morgan fingerprint density at radius 1 is 0.926 bits per heavy atom. The van der Waals surface area contributed by atoms with E-state index in [4.69, 9.17) is 0 Å². The molecule has 0 fully saturated rings. The van der Waals surface area contributed by atoms with Crippen LogP contribution >= 0.6 is 0 Å². The summed E-state index contributed by atoms with van der Waals surface area (Å²) in [7, 11) is 0. The van der Waals surface area contributed by atoms with Crippen molar-refractivity contribution >= 4 is 23.3 Å². The Balaban J connectivity index is 2.06. The van der Waals surface area contributed by atoms with Crippen LogP contribution in [-0.2, 0) is 4.79 Å². The van der Waals surface area contributed by atoms with Crippen LogP contribution in [0.1, 0.15) is 37.9 Å². The minimum atomic E-state index is -0.967. The summed E-state index contributed by atoms with van der Waals surface area (Å²) in [5.74, 6) is -2.19. The molecule has 0 aliphatic carbocycles. The SMILES string of the molecule is Cc1ccc(NC(=O)C(C)C)cc1NC(=O)NC(C)c1ccc(F)c(F)c1. The predicted octanol–water partition coefficient (Wildman–Crippen LogP) is 4.75. The lowest BCUT2D eigenvalue weighted by Gasteiger charge is -2.17. The van der Waals surface area contributed by atoms with Gasteiger partial charge in [0, 0.05) is 17.3 Å². The van der Waals surface area contributed by atoms with Crippen molar-refractivity contribution in [1.29, 1.82) is 0 Å². The lowest BCUT2D eigenvalue weighted by molar-refractivity contribution is -0.118. The summed E-state index contributed by atoms with van der Waals surface area (Å²) < 4.78 is 26.4. The molecule has 0 bridgehead atoms. The van der Waals surface area contributed by atoms with Crippen molar-refractivity contribution in [2.45, 2.75) is 33.7 Å². The zero-order chi connectivity index (χ0) is 20.1. The van der Waals surface area contributed by atoms with Crippen molar-refractivity contribution in [3.8, 4) is 0 Å². The van der Waals surface area contributed by atoms with Gasteiger partial charge in [-0.2, -0.15) is 0 Å². The second-order valence-electron chi connectivity index (χ2n) is 6.67. The number of nitrogens with one attached hydrogen (secondary N) is 3. The van der Waals surface area contributed by atoms with Gasteiger partial charge in [-0.3, -0.25) is 4.79 Å². The highest BCUT2D eigenvalue weighted by atomic mass is 19.2. The largest absolute Gasteiger partial charge is 0.331 e. The average Bonchev–Trinajstić information content (AvgIpc) is 2.59. The van der Waals surface area contributed by atoms with Crippen molar-refractivity contribution in [3.05, 3.63) is 59.2 Å². The molecule has 0 saturated heterocycles. The first-order valence-corrected chi connectivity index (χ1v) is 8.61. The van der Waals surface area contributed by atoms with Crippen LogP contribution in [0.2, 0.25) is 0 Å². The van der Waals surface area contributed by atoms with Gasteiger partial charge in [-0.15, -0.1) is 0 Å². The van der Waals surface area contributed by atoms with Crippen LogP contribution in [0.4, 0.5) is 25.0 Å². The van der Waals surface area contributed by atoms with E-state index in [0.29, 0.717) is 16.9 Å². The number of hydrogen-bond acceptors (Lipinski definition) is 2. The van der Waals surface area contributed by atoms with E-state index in [1.165, 1.54) is 6.07 Å². The number of halogens is 2. The second kappa shape index (κ2) is 8.62. The number of hydrogen-bond donors (Lipinski definition) is 3. The summed E-state index contributed by atoms with van der Waals surface area (Å²) in [5.41, 5.74) is 2.36. The molecule has 2 aromatic carbocycles. The maximum Gasteiger partial charge on any atom is 0.319 e. The zero-order valence-electron chi connectivity index (χ0n) is 15.7. The number of urea groups is 1. The van der Waals surface area contributed by atoms with Gasteiger partial charge in [-0.25, -0.2) is 13.6 Å². The highest BCUT2D eigenvalue weighted by Gasteiger charge is 2.14. The monoisotopic (exact) mass is 375 g/mol. The quantitative estimate of drug-likeness (QED) is 0.706. The van der Waals surface area contributed by atoms with E-state index in [2.05, 4.69) is 16.0 Å². The van der Waals surface area contributed by atoms with E-state index in [-0.39, 0.29) is 11.8 Å². The summed E-state index contributed by atoms with van der Waals surface area (Å²) in [6.07, 6.45) is 0. The summed E-state index contributed by atoms with van der Waals surface area (Å²) in [6, 6.07) is 7.66. The van der Waals surface area contributed by atoms with E-state index in [1.54, 1.807) is 39.0 Å². The number of amides is 3. The van der Waals surface area contributed by atoms with Crippen LogP contribution < -0.4 is 16.0 Å². The molecule has 27 heavy (non-hydrogen) atoms. The minimum Gasteiger partial charge on any atom is -0.331 e. The van der Waals surface area contributed by atoms with Gasteiger partial charge in [-0.1, -0.05) is 26.0 Å². The summed E-state index contributed by atoms with van der Waals surface area (Å²) in [5, 5.41) is 8.15. The van der Waals surface area contributed by atoms with E-state index in [0.717, 1.165) is 17.7 Å². The third-order valence-corrected chi connectivity index (χ3v) is 4.07. The summed E-state index contributed by atoms with van der Waals surface area (Å²) in [6.45, 7) is 7.06. The Kier molecular flexibility index (Phi) is 6.50. The first-order valence-electron chi connectivity index (χ1n) is 8.61. The molecule has 1 atom stereocenters. The number of benzene rings is 2. The average molecular weight is 375 g/mol. The molecule has 0 radical (unpaired) electrons. The Hall–Kier alpha value is -2.96. The smallest absolute Gasteiger partial charge is 0.319 e. The van der Waals surface area contributed by atoms with Crippen molar-refractivity contribution < 1.29 is 18.4 Å². The lowest BCUT2D eigenvalue weighted by atomic mass is 10.1. The van der Waals surface area contributed by atoms with Gasteiger partial charge in [0.2, 0.25) is 5.91 Å². The van der Waals surface area contributed by atoms with Crippen molar-refractivity contribution in [1.82, 2.24) is 5.32 Å². The Morgan fingerprint density at radius 2 is 1.63 bits per heavy atom. The van der Waals surface area contributed by atoms with E-state index in [1.807, 2.05) is 6.92 Å². The molecule has 0 saturated carbocycles. The van der Waals surface area contributed by atoms with Gasteiger partial charge in [0.15, 0.2) is 11.6 Å². The molecular weight excluding hydrogens is 352 g/mol. The molecular formula is C20H23F2N3O2. The second-order valence-corrected chi connectivity index (χ2v) is 6.67. The number of carbonyl (C=O) groups is 2. The van der Waals surface area contributed by atoms with Crippen LogP contribution in [0.5, 0.6) is 0 Å². The fraction of sp³-hybridized carbons (Fsp3) is 0.300. The fourth-order valence-corrected chi connectivity index (χ4v) is 2.34. The standard InChI is InChI=1S/C20H23F2N3O2/c1-11(2)19(26)24-15-7-5-12(3)18(10-15)25-20(27)23-13(4)14-6-8-16(21)17(22)9-14/h5-11,13H,1-4H3,(H,24,26)(H2,23,25,27). The number of carbonyl (C=O) groups excluding carboxylic acids is 2. The van der Waals surface area contributed by atoms with E-state index in [9.17, 15) is 18.4 Å². The maximum atomic E-state index is 13.3. The third kappa shape index (κ3) is 5.51. The molecule has 144 valence electrons. The maximum absolute atomic E-state index is 13.3. The lowest BCUT2D eigenvalue weighted by Crippen LogP contribution is -2.31. The molecule has 2 aromatic rings. The molecule has 7 heteroatoms. The molecule has 3 N–H and O–H groups in total. The van der Waals surface area contributed by atoms with E-state index < -0.39 is 23.7 Å². The van der Waals surface area contributed by atoms with Gasteiger partial charge in [0.05, 0.1) is 6.04 Å². The summed E-state index contributed by atoms with van der Waals surface area (Å²) >= 11 is 0. The zero-order valence-corrected chi connectivity index (χ0v) is 15.7. The Labute approximate surface area is 157 Å². The van der Waals surface area contributed by atoms with Gasteiger partial charge in [0.25, 0.3) is 0 Å². The minimum absolute atomic E-state index is 0.124. The summed E-state index contributed by atoms with van der Waals surface area (Å²) in [4.78, 5) is 24.1. The first kappa shape index (κ1) is 20.4. The van der Waals surface area contributed by atoms with Crippen LogP contribution in [0.25, 0.3) is 0 Å². The molecule has 0 aromatic heterocycles. The Morgan fingerprint density at radius 3 is 2.26 bits per heavy atom. The van der Waals surface area contributed by atoms with Crippen molar-refractivity contribution in [3.63, 3.8) is 0 Å². The number of rotatable bonds is 5. The topological polar surface area (TPSA) is 70.2 Å². The third-order valence-electron chi connectivity index (χ3n) is 4.07. The first-order chi connectivity index (χ1) is 12.7. The van der Waals surface area contributed by atoms with Gasteiger partial charge >= 0.3 is 6.03 Å². The molecule has 2 rings (SSSR count). The molecule has 0 spiro atoms. The number of anilines is 2. The highest BCUT2D eigenvalue weighted by Crippen LogP contribution is 2.21. The van der Waals surface area contributed by atoms with Gasteiger partial charge in [0.1, 0.15) is 0 Å².